The lowest BCUT2D eigenvalue weighted by molar-refractivity contribution is 0.739. The van der Waals surface area contributed by atoms with Crippen molar-refractivity contribution in [2.24, 2.45) is 0 Å². The standard InChI is InChI=1S/C10H18B4/c1-3-5(2)6-4-7(11)9(13)10(14)8(6)12/h4-5H,3,11-14H2,1-2H3. The Morgan fingerprint density at radius 1 is 1.07 bits per heavy atom. The molecule has 1 aromatic carbocycles. The molecular weight excluding hydrogens is 163 g/mol. The van der Waals surface area contributed by atoms with E-state index < -0.39 is 0 Å². The van der Waals surface area contributed by atoms with Crippen LogP contribution in [-0.4, -0.2) is 31.4 Å². The van der Waals surface area contributed by atoms with E-state index in [1.54, 1.807) is 0 Å². The van der Waals surface area contributed by atoms with Gasteiger partial charge in [-0.15, -0.1) is 10.9 Å². The zero-order chi connectivity index (χ0) is 10.9. The highest BCUT2D eigenvalue weighted by Crippen LogP contribution is 2.13. The smallest absolute Gasteiger partial charge is 0.102 e. The van der Waals surface area contributed by atoms with E-state index in [1.165, 1.54) is 33.8 Å². The first-order valence-electron chi connectivity index (χ1n) is 5.56. The Morgan fingerprint density at radius 3 is 2.14 bits per heavy atom. The molecule has 0 bridgehead atoms. The second-order valence-electron chi connectivity index (χ2n) is 4.47. The van der Waals surface area contributed by atoms with E-state index in [2.05, 4.69) is 51.3 Å². The third kappa shape index (κ3) is 1.94. The average Bonchev–Trinajstić information content (AvgIpc) is 2.19. The van der Waals surface area contributed by atoms with Gasteiger partial charge in [0.05, 0.1) is 0 Å². The minimum atomic E-state index is 0.688. The lowest BCUT2D eigenvalue weighted by Crippen LogP contribution is -2.49. The first-order valence-corrected chi connectivity index (χ1v) is 5.56. The predicted octanol–water partition coefficient (Wildman–Crippen LogP) is -3.77. The van der Waals surface area contributed by atoms with Crippen molar-refractivity contribution in [1.29, 1.82) is 0 Å². The molecule has 1 aromatic rings. The molecular formula is C10H18B4. The van der Waals surface area contributed by atoms with Crippen molar-refractivity contribution in [3.8, 4) is 0 Å². The molecule has 0 saturated heterocycles. The zero-order valence-electron chi connectivity index (χ0n) is 10.4. The lowest BCUT2D eigenvalue weighted by Gasteiger charge is -2.19. The van der Waals surface area contributed by atoms with E-state index in [4.69, 9.17) is 0 Å². The monoisotopic (exact) mass is 182 g/mol. The van der Waals surface area contributed by atoms with Gasteiger partial charge in [0.2, 0.25) is 0 Å². The second-order valence-corrected chi connectivity index (χ2v) is 4.47. The summed E-state index contributed by atoms with van der Waals surface area (Å²) in [6.45, 7) is 4.57. The average molecular weight is 182 g/mol. The Kier molecular flexibility index (Phi) is 3.58. The van der Waals surface area contributed by atoms with Gasteiger partial charge in [-0.3, -0.25) is 0 Å². The fraction of sp³-hybridized carbons (Fsp3) is 0.400. The number of benzene rings is 1. The van der Waals surface area contributed by atoms with Crippen molar-refractivity contribution in [2.75, 3.05) is 0 Å². The van der Waals surface area contributed by atoms with Crippen LogP contribution in [0.15, 0.2) is 6.07 Å². The molecule has 14 heavy (non-hydrogen) atoms. The molecule has 0 heterocycles. The van der Waals surface area contributed by atoms with Crippen LogP contribution in [0.2, 0.25) is 0 Å². The van der Waals surface area contributed by atoms with Crippen molar-refractivity contribution in [1.82, 2.24) is 0 Å². The van der Waals surface area contributed by atoms with Crippen LogP contribution >= 0.6 is 0 Å². The van der Waals surface area contributed by atoms with Gasteiger partial charge in [-0.25, -0.2) is 0 Å². The molecule has 0 N–H and O–H groups in total. The summed E-state index contributed by atoms with van der Waals surface area (Å²) in [6, 6.07) is 2.37. The van der Waals surface area contributed by atoms with Crippen molar-refractivity contribution in [3.05, 3.63) is 11.6 Å². The summed E-state index contributed by atoms with van der Waals surface area (Å²) in [5, 5.41) is 0. The molecule has 0 saturated carbocycles. The summed E-state index contributed by atoms with van der Waals surface area (Å²) in [6.07, 6.45) is 1.22. The first-order chi connectivity index (χ1) is 6.49. The van der Waals surface area contributed by atoms with Gasteiger partial charge in [0, 0.05) is 0 Å². The molecule has 1 unspecified atom stereocenters. The predicted molar refractivity (Wildman–Crippen MR) is 77.9 cm³/mol. The summed E-state index contributed by atoms with van der Waals surface area (Å²) in [5.41, 5.74) is 7.38. The Bertz CT molecular complexity index is 346. The van der Waals surface area contributed by atoms with Gasteiger partial charge in [-0.05, 0) is 12.3 Å². The van der Waals surface area contributed by atoms with Crippen LogP contribution in [-0.2, 0) is 0 Å². The van der Waals surface area contributed by atoms with E-state index in [9.17, 15) is 0 Å². The van der Waals surface area contributed by atoms with Gasteiger partial charge in [0.25, 0.3) is 0 Å². The zero-order valence-corrected chi connectivity index (χ0v) is 10.4. The topological polar surface area (TPSA) is 0 Å². The molecule has 1 atom stereocenters. The molecule has 0 aliphatic rings. The van der Waals surface area contributed by atoms with Gasteiger partial charge in [0.1, 0.15) is 31.4 Å². The normalized spacial score (nSPS) is 12.7. The Hall–Kier alpha value is -0.520. The number of rotatable bonds is 2. The quantitative estimate of drug-likeness (QED) is 0.411. The van der Waals surface area contributed by atoms with Crippen LogP contribution in [0, 0.1) is 0 Å². The summed E-state index contributed by atoms with van der Waals surface area (Å²) in [7, 11) is 8.93. The summed E-state index contributed by atoms with van der Waals surface area (Å²) in [4.78, 5) is 0. The molecule has 1 rings (SSSR count). The molecule has 70 valence electrons. The molecule has 0 amide bonds. The SMILES string of the molecule is Bc1cc(C(C)CC)c(B)c(B)c1B. The maximum atomic E-state index is 2.37. The van der Waals surface area contributed by atoms with E-state index in [1.807, 2.05) is 0 Å². The molecule has 4 heteroatoms. The van der Waals surface area contributed by atoms with Crippen molar-refractivity contribution in [2.45, 2.75) is 26.2 Å². The van der Waals surface area contributed by atoms with Crippen LogP contribution in [0.5, 0.6) is 0 Å². The molecule has 0 radical (unpaired) electrons. The van der Waals surface area contributed by atoms with Crippen LogP contribution in [0.4, 0.5) is 0 Å². The maximum Gasteiger partial charge on any atom is 0.138 e. The highest BCUT2D eigenvalue weighted by molar-refractivity contribution is 6.62. The Morgan fingerprint density at radius 2 is 1.64 bits per heavy atom. The van der Waals surface area contributed by atoms with Crippen molar-refractivity contribution < 1.29 is 0 Å². The number of hydrogen-bond donors (Lipinski definition) is 0. The number of hydrogen-bond acceptors (Lipinski definition) is 0. The third-order valence-corrected chi connectivity index (χ3v) is 3.66. The van der Waals surface area contributed by atoms with Gasteiger partial charge in [-0.1, -0.05) is 36.4 Å². The maximum absolute atomic E-state index is 2.37. The largest absolute Gasteiger partial charge is 0.138 e. The fourth-order valence-corrected chi connectivity index (χ4v) is 1.98. The van der Waals surface area contributed by atoms with Crippen molar-refractivity contribution >= 4 is 53.2 Å². The van der Waals surface area contributed by atoms with Crippen molar-refractivity contribution in [3.63, 3.8) is 0 Å². The summed E-state index contributed by atoms with van der Waals surface area (Å²) >= 11 is 0. The van der Waals surface area contributed by atoms with Crippen LogP contribution < -0.4 is 21.9 Å². The molecule has 0 aromatic heterocycles. The van der Waals surface area contributed by atoms with Gasteiger partial charge < -0.3 is 0 Å². The van der Waals surface area contributed by atoms with Crippen LogP contribution in [0.3, 0.4) is 0 Å². The van der Waals surface area contributed by atoms with Crippen LogP contribution in [0.1, 0.15) is 31.7 Å². The fourth-order valence-electron chi connectivity index (χ4n) is 1.98. The summed E-state index contributed by atoms with van der Waals surface area (Å²) in [5.74, 6) is 0.688. The molecule has 0 aliphatic carbocycles. The molecule has 0 fully saturated rings. The Balaban J connectivity index is 3.33. The second kappa shape index (κ2) is 4.33. The van der Waals surface area contributed by atoms with E-state index >= 15 is 0 Å². The Labute approximate surface area is 91.5 Å². The summed E-state index contributed by atoms with van der Waals surface area (Å²) < 4.78 is 0. The van der Waals surface area contributed by atoms with Gasteiger partial charge in [-0.2, -0.15) is 0 Å². The minimum absolute atomic E-state index is 0.688. The van der Waals surface area contributed by atoms with E-state index in [0.29, 0.717) is 5.92 Å². The van der Waals surface area contributed by atoms with Crippen LogP contribution in [0.25, 0.3) is 0 Å². The minimum Gasteiger partial charge on any atom is -0.102 e. The third-order valence-electron chi connectivity index (χ3n) is 3.66. The first kappa shape index (κ1) is 11.6. The van der Waals surface area contributed by atoms with Gasteiger partial charge >= 0.3 is 0 Å². The highest BCUT2D eigenvalue weighted by Gasteiger charge is 2.10. The van der Waals surface area contributed by atoms with E-state index in [-0.39, 0.29) is 0 Å². The highest BCUT2D eigenvalue weighted by atomic mass is 14.1. The molecule has 0 spiro atoms. The van der Waals surface area contributed by atoms with Gasteiger partial charge in [0.15, 0.2) is 0 Å². The molecule has 0 nitrogen and oxygen atoms in total. The van der Waals surface area contributed by atoms with E-state index in [0.717, 1.165) is 0 Å². The lowest BCUT2D eigenvalue weighted by atomic mass is 9.64. The molecule has 0 aliphatic heterocycles.